The first-order valence-corrected chi connectivity index (χ1v) is 6.78. The average Bonchev–Trinajstić information content (AvgIpc) is 2.46. The molecule has 2 aromatic rings. The van der Waals surface area contributed by atoms with Crippen LogP contribution < -0.4 is 11.1 Å². The van der Waals surface area contributed by atoms with Crippen LogP contribution in [0.1, 0.15) is 26.3 Å². The van der Waals surface area contributed by atoms with E-state index in [2.05, 4.69) is 21.2 Å². The van der Waals surface area contributed by atoms with Gasteiger partial charge in [0.1, 0.15) is 0 Å². The van der Waals surface area contributed by atoms with Crippen LogP contribution in [0.4, 0.5) is 0 Å². The van der Waals surface area contributed by atoms with Crippen molar-refractivity contribution in [2.24, 2.45) is 5.73 Å². The highest BCUT2D eigenvalue weighted by molar-refractivity contribution is 9.10. The van der Waals surface area contributed by atoms with E-state index >= 15 is 0 Å². The molecule has 0 spiro atoms. The largest absolute Gasteiger partial charge is 0.366 e. The molecule has 0 aliphatic heterocycles. The molecule has 2 amide bonds. The van der Waals surface area contributed by atoms with Crippen LogP contribution in [0.25, 0.3) is 0 Å². The Bertz CT molecular complexity index is 639. The Morgan fingerprint density at radius 1 is 1.05 bits per heavy atom. The highest BCUT2D eigenvalue weighted by atomic mass is 79.9. The minimum atomic E-state index is -0.549. The molecular formula is C15H13BrN2O2. The third kappa shape index (κ3) is 3.68. The van der Waals surface area contributed by atoms with Gasteiger partial charge in [-0.1, -0.05) is 34.1 Å². The summed E-state index contributed by atoms with van der Waals surface area (Å²) < 4.78 is 0.988. The van der Waals surface area contributed by atoms with Crippen molar-refractivity contribution in [3.8, 4) is 0 Å². The summed E-state index contributed by atoms with van der Waals surface area (Å²) in [7, 11) is 0. The van der Waals surface area contributed by atoms with Crippen LogP contribution in [0, 0.1) is 0 Å². The Morgan fingerprint density at radius 3 is 2.35 bits per heavy atom. The quantitative estimate of drug-likeness (QED) is 0.902. The number of hydrogen-bond donors (Lipinski definition) is 2. The highest BCUT2D eigenvalue weighted by Gasteiger charge is 2.08. The van der Waals surface area contributed by atoms with Crippen LogP contribution in [0.15, 0.2) is 53.0 Å². The molecule has 2 rings (SSSR count). The first kappa shape index (κ1) is 14.3. The molecule has 0 saturated carbocycles. The van der Waals surface area contributed by atoms with Crippen LogP contribution in [0.2, 0.25) is 0 Å². The third-order valence-electron chi connectivity index (χ3n) is 2.78. The fourth-order valence-electron chi connectivity index (χ4n) is 1.70. The number of nitrogens with one attached hydrogen (secondary N) is 1. The maximum atomic E-state index is 12.0. The highest BCUT2D eigenvalue weighted by Crippen LogP contribution is 2.10. The Kier molecular flexibility index (Phi) is 4.53. The first-order chi connectivity index (χ1) is 9.56. The van der Waals surface area contributed by atoms with E-state index in [-0.39, 0.29) is 5.91 Å². The number of benzene rings is 2. The van der Waals surface area contributed by atoms with Crippen molar-refractivity contribution in [3.63, 3.8) is 0 Å². The standard InChI is InChI=1S/C15H13BrN2O2/c16-13-6-4-10(5-7-13)9-18-15(20)12-3-1-2-11(8-12)14(17)19/h1-8H,9H2,(H2,17,19)(H,18,20). The molecule has 0 unspecified atom stereocenters. The van der Waals surface area contributed by atoms with E-state index in [0.717, 1.165) is 10.0 Å². The van der Waals surface area contributed by atoms with Gasteiger partial charge in [-0.2, -0.15) is 0 Å². The first-order valence-electron chi connectivity index (χ1n) is 5.99. The molecule has 2 aromatic carbocycles. The van der Waals surface area contributed by atoms with Gasteiger partial charge in [-0.05, 0) is 35.9 Å². The predicted octanol–water partition coefficient (Wildman–Crippen LogP) is 2.48. The minimum absolute atomic E-state index is 0.240. The summed E-state index contributed by atoms with van der Waals surface area (Å²) in [5.41, 5.74) is 6.92. The second kappa shape index (κ2) is 6.34. The summed E-state index contributed by atoms with van der Waals surface area (Å²) in [4.78, 5) is 23.1. The van der Waals surface area contributed by atoms with Crippen molar-refractivity contribution < 1.29 is 9.59 Å². The van der Waals surface area contributed by atoms with E-state index in [1.165, 1.54) is 6.07 Å². The number of nitrogens with two attached hydrogens (primary N) is 1. The molecule has 0 aromatic heterocycles. The normalized spacial score (nSPS) is 10.1. The van der Waals surface area contributed by atoms with Gasteiger partial charge in [0.15, 0.2) is 0 Å². The molecule has 0 bridgehead atoms. The smallest absolute Gasteiger partial charge is 0.251 e. The summed E-state index contributed by atoms with van der Waals surface area (Å²) in [6.45, 7) is 0.424. The Labute approximate surface area is 125 Å². The lowest BCUT2D eigenvalue weighted by molar-refractivity contribution is 0.0951. The number of halogens is 1. The van der Waals surface area contributed by atoms with Gasteiger partial charge >= 0.3 is 0 Å². The summed E-state index contributed by atoms with van der Waals surface area (Å²) >= 11 is 3.35. The molecule has 20 heavy (non-hydrogen) atoms. The fourth-order valence-corrected chi connectivity index (χ4v) is 1.96. The van der Waals surface area contributed by atoms with Crippen molar-refractivity contribution in [1.82, 2.24) is 5.32 Å². The summed E-state index contributed by atoms with van der Waals surface area (Å²) in [5, 5.41) is 2.79. The van der Waals surface area contributed by atoms with Crippen LogP contribution in [0.3, 0.4) is 0 Å². The van der Waals surface area contributed by atoms with Gasteiger partial charge in [-0.15, -0.1) is 0 Å². The number of carbonyl (C=O) groups is 2. The second-order valence-electron chi connectivity index (χ2n) is 4.25. The minimum Gasteiger partial charge on any atom is -0.366 e. The number of amides is 2. The molecule has 0 saturated heterocycles. The molecule has 5 heteroatoms. The maximum Gasteiger partial charge on any atom is 0.251 e. The fraction of sp³-hybridized carbons (Fsp3) is 0.0667. The zero-order chi connectivity index (χ0) is 14.5. The predicted molar refractivity (Wildman–Crippen MR) is 80.3 cm³/mol. The zero-order valence-corrected chi connectivity index (χ0v) is 12.2. The van der Waals surface area contributed by atoms with E-state index in [0.29, 0.717) is 17.7 Å². The number of rotatable bonds is 4. The van der Waals surface area contributed by atoms with E-state index in [1.807, 2.05) is 24.3 Å². The summed E-state index contributed by atoms with van der Waals surface area (Å²) in [5.74, 6) is -0.788. The van der Waals surface area contributed by atoms with Gasteiger partial charge in [0.05, 0.1) is 0 Å². The SMILES string of the molecule is NC(=O)c1cccc(C(=O)NCc2ccc(Br)cc2)c1. The van der Waals surface area contributed by atoms with E-state index in [1.54, 1.807) is 18.2 Å². The van der Waals surface area contributed by atoms with Gasteiger partial charge in [-0.3, -0.25) is 9.59 Å². The van der Waals surface area contributed by atoms with Gasteiger partial charge < -0.3 is 11.1 Å². The molecule has 0 radical (unpaired) electrons. The van der Waals surface area contributed by atoms with Crippen molar-refractivity contribution in [1.29, 1.82) is 0 Å². The van der Waals surface area contributed by atoms with E-state index in [4.69, 9.17) is 5.73 Å². The summed E-state index contributed by atoms with van der Waals surface area (Å²) in [6, 6.07) is 14.0. The Balaban J connectivity index is 2.03. The van der Waals surface area contributed by atoms with Crippen molar-refractivity contribution >= 4 is 27.7 Å². The van der Waals surface area contributed by atoms with Crippen LogP contribution in [-0.2, 0) is 6.54 Å². The molecule has 0 aliphatic rings. The Morgan fingerprint density at radius 2 is 1.70 bits per heavy atom. The number of hydrogen-bond acceptors (Lipinski definition) is 2. The third-order valence-corrected chi connectivity index (χ3v) is 3.30. The average molecular weight is 333 g/mol. The second-order valence-corrected chi connectivity index (χ2v) is 5.17. The molecule has 0 aliphatic carbocycles. The Hall–Kier alpha value is -2.14. The molecular weight excluding hydrogens is 320 g/mol. The van der Waals surface area contributed by atoms with Gasteiger partial charge in [0, 0.05) is 22.1 Å². The van der Waals surface area contributed by atoms with E-state index in [9.17, 15) is 9.59 Å². The molecule has 0 atom stereocenters. The van der Waals surface area contributed by atoms with Gasteiger partial charge in [0.2, 0.25) is 5.91 Å². The van der Waals surface area contributed by atoms with Crippen LogP contribution in [-0.4, -0.2) is 11.8 Å². The molecule has 0 fully saturated rings. The monoisotopic (exact) mass is 332 g/mol. The maximum absolute atomic E-state index is 12.0. The lowest BCUT2D eigenvalue weighted by Crippen LogP contribution is -2.23. The number of primary amides is 1. The summed E-state index contributed by atoms with van der Waals surface area (Å²) in [6.07, 6.45) is 0. The topological polar surface area (TPSA) is 72.2 Å². The van der Waals surface area contributed by atoms with Crippen LogP contribution >= 0.6 is 15.9 Å². The van der Waals surface area contributed by atoms with Crippen molar-refractivity contribution in [2.75, 3.05) is 0 Å². The van der Waals surface area contributed by atoms with Crippen LogP contribution in [0.5, 0.6) is 0 Å². The lowest BCUT2D eigenvalue weighted by Gasteiger charge is -2.06. The van der Waals surface area contributed by atoms with Crippen molar-refractivity contribution in [2.45, 2.75) is 6.54 Å². The van der Waals surface area contributed by atoms with Crippen molar-refractivity contribution in [3.05, 3.63) is 69.7 Å². The molecule has 3 N–H and O–H groups in total. The molecule has 0 heterocycles. The van der Waals surface area contributed by atoms with Gasteiger partial charge in [0.25, 0.3) is 5.91 Å². The number of carbonyl (C=O) groups excluding carboxylic acids is 2. The van der Waals surface area contributed by atoms with E-state index < -0.39 is 5.91 Å². The molecule has 4 nitrogen and oxygen atoms in total. The lowest BCUT2D eigenvalue weighted by atomic mass is 10.1. The van der Waals surface area contributed by atoms with Gasteiger partial charge in [-0.25, -0.2) is 0 Å². The molecule has 102 valence electrons. The zero-order valence-electron chi connectivity index (χ0n) is 10.6.